The lowest BCUT2D eigenvalue weighted by molar-refractivity contribution is -0.205. The molecular formula is C35H65N5O14P-. The largest absolute Gasteiger partial charge is 0.778 e. The molecule has 0 heterocycles. The number of methoxy groups -OCH3 is 3. The third kappa shape index (κ3) is 23.8. The second-order valence-corrected chi connectivity index (χ2v) is 15.5. The maximum Gasteiger partial charge on any atom is 0.242 e. The first kappa shape index (κ1) is 50.3. The van der Waals surface area contributed by atoms with E-state index in [1.165, 1.54) is 7.11 Å². The molecule has 19 nitrogen and oxygen atoms in total. The zero-order valence-electron chi connectivity index (χ0n) is 33.2. The summed E-state index contributed by atoms with van der Waals surface area (Å²) in [5.41, 5.74) is -0.660. The standard InChI is InChI=1S/C35H66N5O14P/c1-26(2)55(46,47)54-28-8-6-27(7-9-28)33(43)40-30(35(45)38-16-19-53-25-22-50-5)11-13-32(42)39-29(34(44)37-15-18-52-24-21-49-4)10-12-31(41)36-14-17-51-23-20-48-3/h26-30H,6-25H2,1-5H3,(H,36,41)(H,37,44)(H,38,45)(H,39,42)(H,40,43)(H,46,47)/p-1. The van der Waals surface area contributed by atoms with Gasteiger partial charge in [-0.25, -0.2) is 0 Å². The van der Waals surface area contributed by atoms with Crippen LogP contribution in [0.3, 0.4) is 0 Å². The molecule has 1 aliphatic rings. The first-order valence-corrected chi connectivity index (χ1v) is 20.6. The zero-order chi connectivity index (χ0) is 40.9. The van der Waals surface area contributed by atoms with Gasteiger partial charge in [-0.3, -0.25) is 24.0 Å². The molecule has 20 heteroatoms. The predicted molar refractivity (Wildman–Crippen MR) is 199 cm³/mol. The van der Waals surface area contributed by atoms with Crippen LogP contribution in [0.1, 0.15) is 65.2 Å². The first-order chi connectivity index (χ1) is 26.3. The van der Waals surface area contributed by atoms with Crippen LogP contribution in [0.25, 0.3) is 0 Å². The van der Waals surface area contributed by atoms with E-state index in [0.717, 1.165) is 0 Å². The van der Waals surface area contributed by atoms with Crippen molar-refractivity contribution in [2.24, 2.45) is 5.92 Å². The van der Waals surface area contributed by atoms with Crippen LogP contribution >= 0.6 is 7.60 Å². The van der Waals surface area contributed by atoms with Crippen molar-refractivity contribution in [3.63, 3.8) is 0 Å². The Hall–Kier alpha value is -2.74. The highest BCUT2D eigenvalue weighted by Gasteiger charge is 2.32. The van der Waals surface area contributed by atoms with Crippen LogP contribution in [0.5, 0.6) is 0 Å². The third-order valence-electron chi connectivity index (χ3n) is 8.53. The lowest BCUT2D eigenvalue weighted by atomic mass is 9.86. The van der Waals surface area contributed by atoms with Gasteiger partial charge in [-0.05, 0) is 38.5 Å². The summed E-state index contributed by atoms with van der Waals surface area (Å²) in [5, 5.41) is 13.6. The number of carbonyl (C=O) groups excluding carboxylic acids is 5. The summed E-state index contributed by atoms with van der Waals surface area (Å²) in [5.74, 6) is -2.83. The first-order valence-electron chi connectivity index (χ1n) is 19.0. The summed E-state index contributed by atoms with van der Waals surface area (Å²) in [6, 6.07) is -2.17. The van der Waals surface area contributed by atoms with Gasteiger partial charge in [0.05, 0.1) is 65.6 Å². The maximum absolute atomic E-state index is 13.3. The molecule has 0 aromatic rings. The van der Waals surface area contributed by atoms with Gasteiger partial charge < -0.3 is 69.0 Å². The van der Waals surface area contributed by atoms with Crippen molar-refractivity contribution in [3.05, 3.63) is 0 Å². The average molecular weight is 811 g/mol. The number of ether oxygens (including phenoxy) is 6. The Kier molecular flexibility index (Phi) is 27.8. The molecular weight excluding hydrogens is 745 g/mol. The summed E-state index contributed by atoms with van der Waals surface area (Å²) in [6.45, 7) is 6.60. The molecule has 0 radical (unpaired) electrons. The lowest BCUT2D eigenvalue weighted by Gasteiger charge is -2.35. The Morgan fingerprint density at radius 3 is 1.51 bits per heavy atom. The van der Waals surface area contributed by atoms with Gasteiger partial charge in [0.1, 0.15) is 19.7 Å². The molecule has 1 aliphatic carbocycles. The van der Waals surface area contributed by atoms with Crippen LogP contribution < -0.4 is 31.5 Å². The smallest absolute Gasteiger partial charge is 0.242 e. The van der Waals surface area contributed by atoms with E-state index in [4.69, 9.17) is 32.9 Å². The molecule has 0 aliphatic heterocycles. The summed E-state index contributed by atoms with van der Waals surface area (Å²) in [6.07, 6.45) is 0.529. The molecule has 0 aromatic heterocycles. The summed E-state index contributed by atoms with van der Waals surface area (Å²) in [7, 11) is 0.618. The van der Waals surface area contributed by atoms with Crippen LogP contribution in [-0.4, -0.2) is 154 Å². The van der Waals surface area contributed by atoms with Crippen molar-refractivity contribution in [1.82, 2.24) is 26.6 Å². The van der Waals surface area contributed by atoms with E-state index in [2.05, 4.69) is 26.6 Å². The normalized spacial score (nSPS) is 17.8. The Balaban J connectivity index is 2.87. The second-order valence-electron chi connectivity index (χ2n) is 13.2. The fraction of sp³-hybridized carbons (Fsp3) is 0.857. The monoisotopic (exact) mass is 810 g/mol. The van der Waals surface area contributed by atoms with Gasteiger partial charge >= 0.3 is 0 Å². The fourth-order valence-corrected chi connectivity index (χ4v) is 6.10. The predicted octanol–water partition coefficient (Wildman–Crippen LogP) is -0.609. The molecule has 3 atom stereocenters. The highest BCUT2D eigenvalue weighted by molar-refractivity contribution is 7.52. The van der Waals surface area contributed by atoms with E-state index < -0.39 is 61.0 Å². The molecule has 1 rings (SSSR count). The van der Waals surface area contributed by atoms with Crippen LogP contribution in [0, 0.1) is 5.92 Å². The van der Waals surface area contributed by atoms with Crippen LogP contribution in [0.2, 0.25) is 0 Å². The average Bonchev–Trinajstić information content (AvgIpc) is 3.15. The van der Waals surface area contributed by atoms with Crippen molar-refractivity contribution < 1.29 is 66.4 Å². The molecule has 55 heavy (non-hydrogen) atoms. The van der Waals surface area contributed by atoms with E-state index in [-0.39, 0.29) is 71.0 Å². The number of nitrogens with one attached hydrogen (secondary N) is 5. The minimum atomic E-state index is -4.02. The molecule has 0 spiro atoms. The topological polar surface area (TPSA) is 250 Å². The molecule has 5 amide bonds. The Morgan fingerprint density at radius 1 is 0.618 bits per heavy atom. The van der Waals surface area contributed by atoms with E-state index in [0.29, 0.717) is 65.3 Å². The van der Waals surface area contributed by atoms with Crippen LogP contribution in [0.15, 0.2) is 0 Å². The van der Waals surface area contributed by atoms with E-state index >= 15 is 0 Å². The second kappa shape index (κ2) is 30.4. The van der Waals surface area contributed by atoms with E-state index in [1.54, 1.807) is 28.1 Å². The number of rotatable bonds is 32. The Labute approximate surface area is 325 Å². The lowest BCUT2D eigenvalue weighted by Crippen LogP contribution is -2.51. The third-order valence-corrected chi connectivity index (χ3v) is 10.4. The Bertz CT molecular complexity index is 1160. The quantitative estimate of drug-likeness (QED) is 0.0420. The van der Waals surface area contributed by atoms with Crippen molar-refractivity contribution in [2.75, 3.05) is 100 Å². The maximum atomic E-state index is 13.3. The Morgan fingerprint density at radius 2 is 1.05 bits per heavy atom. The molecule has 0 aromatic carbocycles. The van der Waals surface area contributed by atoms with Crippen molar-refractivity contribution in [3.8, 4) is 0 Å². The molecule has 5 N–H and O–H groups in total. The highest BCUT2D eigenvalue weighted by atomic mass is 31.2. The molecule has 1 saturated carbocycles. The molecule has 0 saturated heterocycles. The molecule has 0 bridgehead atoms. The zero-order valence-corrected chi connectivity index (χ0v) is 34.1. The van der Waals surface area contributed by atoms with Gasteiger partial charge in [-0.1, -0.05) is 13.8 Å². The molecule has 3 unspecified atom stereocenters. The van der Waals surface area contributed by atoms with Gasteiger partial charge in [-0.2, -0.15) is 0 Å². The van der Waals surface area contributed by atoms with Crippen LogP contribution in [-0.2, 0) is 61.5 Å². The van der Waals surface area contributed by atoms with Gasteiger partial charge in [0.2, 0.25) is 29.5 Å². The minimum Gasteiger partial charge on any atom is -0.778 e. The van der Waals surface area contributed by atoms with Gasteiger partial charge in [0.15, 0.2) is 0 Å². The van der Waals surface area contributed by atoms with E-state index in [1.807, 2.05) is 0 Å². The minimum absolute atomic E-state index is 0.00640. The number of carbonyl (C=O) groups is 5. The molecule has 1 fully saturated rings. The SMILES string of the molecule is COCCOCCNC(=O)CCC(NC(=O)CCC(NC(=O)C1CCC(OP(=O)([O-])C(C)C)CC1)C(=O)NCCOCCOC)C(=O)NCCOCCOC. The summed E-state index contributed by atoms with van der Waals surface area (Å²) in [4.78, 5) is 77.6. The number of amides is 5. The molecule has 320 valence electrons. The summed E-state index contributed by atoms with van der Waals surface area (Å²) >= 11 is 0. The van der Waals surface area contributed by atoms with Gasteiger partial charge in [0.25, 0.3) is 0 Å². The fourth-order valence-electron chi connectivity index (χ4n) is 5.23. The van der Waals surface area contributed by atoms with Gasteiger partial charge in [-0.15, -0.1) is 0 Å². The number of hydrogen-bond donors (Lipinski definition) is 5. The van der Waals surface area contributed by atoms with Crippen molar-refractivity contribution in [2.45, 2.75) is 89.1 Å². The van der Waals surface area contributed by atoms with Crippen molar-refractivity contribution >= 4 is 37.1 Å². The number of hydrogen-bond acceptors (Lipinski definition) is 14. The van der Waals surface area contributed by atoms with Crippen molar-refractivity contribution in [1.29, 1.82) is 0 Å². The van der Waals surface area contributed by atoms with Crippen LogP contribution in [0.4, 0.5) is 0 Å². The van der Waals surface area contributed by atoms with Gasteiger partial charge in [0, 0.05) is 65.4 Å². The highest BCUT2D eigenvalue weighted by Crippen LogP contribution is 2.46. The summed E-state index contributed by atoms with van der Waals surface area (Å²) < 4.78 is 48.5. The van der Waals surface area contributed by atoms with E-state index in [9.17, 15) is 33.4 Å².